The topological polar surface area (TPSA) is 114 Å². The van der Waals surface area contributed by atoms with E-state index in [1.54, 1.807) is 24.3 Å². The highest BCUT2D eigenvalue weighted by atomic mass is 16.5. The molecule has 2 N–H and O–H groups in total. The van der Waals surface area contributed by atoms with Gasteiger partial charge in [-0.3, -0.25) is 14.6 Å². The second-order valence-electron chi connectivity index (χ2n) is 6.34. The maximum atomic E-state index is 12.1. The first-order valence-corrected chi connectivity index (χ1v) is 9.52. The molecule has 0 aliphatic carbocycles. The van der Waals surface area contributed by atoms with Gasteiger partial charge in [-0.15, -0.1) is 0 Å². The summed E-state index contributed by atoms with van der Waals surface area (Å²) in [5.41, 5.74) is -0.109. The molecule has 1 heterocycles. The van der Waals surface area contributed by atoms with Crippen LogP contribution in [0.3, 0.4) is 0 Å². The number of aromatic nitrogens is 2. The van der Waals surface area contributed by atoms with E-state index in [4.69, 9.17) is 4.74 Å². The standard InChI is InChI=1S/C20H26N4O5/c1-3-23(4-2)13-14-29-19(27)15-5-7-16(8-6-15)21-17(25)9-11-24-12-10-18(26)22-20(24)28/h5-8,10,12H,3-4,9,11,13-14H2,1-2H3,(H,21,25)(H,22,26,28). The van der Waals surface area contributed by atoms with Crippen molar-refractivity contribution in [1.82, 2.24) is 14.5 Å². The van der Waals surface area contributed by atoms with E-state index in [-0.39, 0.29) is 18.9 Å². The number of aryl methyl sites for hydroxylation is 1. The van der Waals surface area contributed by atoms with Crippen LogP contribution in [0.2, 0.25) is 0 Å². The Hall–Kier alpha value is -3.20. The highest BCUT2D eigenvalue weighted by Crippen LogP contribution is 2.11. The van der Waals surface area contributed by atoms with Gasteiger partial charge in [0.25, 0.3) is 5.56 Å². The van der Waals surface area contributed by atoms with Gasteiger partial charge in [0.2, 0.25) is 5.91 Å². The van der Waals surface area contributed by atoms with Crippen molar-refractivity contribution in [2.24, 2.45) is 0 Å². The van der Waals surface area contributed by atoms with Crippen LogP contribution in [0.15, 0.2) is 46.1 Å². The van der Waals surface area contributed by atoms with Gasteiger partial charge in [0.15, 0.2) is 0 Å². The third kappa shape index (κ3) is 7.04. The maximum Gasteiger partial charge on any atom is 0.338 e. The lowest BCUT2D eigenvalue weighted by Crippen LogP contribution is -2.29. The summed E-state index contributed by atoms with van der Waals surface area (Å²) in [5, 5.41) is 2.70. The summed E-state index contributed by atoms with van der Waals surface area (Å²) in [7, 11) is 0. The van der Waals surface area contributed by atoms with E-state index in [0.29, 0.717) is 24.4 Å². The van der Waals surface area contributed by atoms with E-state index in [9.17, 15) is 19.2 Å². The normalized spacial score (nSPS) is 10.7. The Morgan fingerprint density at radius 3 is 2.41 bits per heavy atom. The number of likely N-dealkylation sites (N-methyl/N-ethyl adjacent to an activating group) is 1. The molecule has 1 amide bonds. The average molecular weight is 402 g/mol. The Balaban J connectivity index is 1.81. The van der Waals surface area contributed by atoms with Gasteiger partial charge in [0.1, 0.15) is 6.61 Å². The van der Waals surface area contributed by atoms with E-state index < -0.39 is 17.2 Å². The summed E-state index contributed by atoms with van der Waals surface area (Å²) in [6.07, 6.45) is 1.40. The number of rotatable bonds is 10. The van der Waals surface area contributed by atoms with Gasteiger partial charge in [0.05, 0.1) is 5.56 Å². The Labute approximate surface area is 168 Å². The molecule has 0 atom stereocenters. The molecule has 0 bridgehead atoms. The summed E-state index contributed by atoms with van der Waals surface area (Å²) >= 11 is 0. The smallest absolute Gasteiger partial charge is 0.338 e. The van der Waals surface area contributed by atoms with E-state index in [1.165, 1.54) is 16.8 Å². The van der Waals surface area contributed by atoms with Gasteiger partial charge in [-0.1, -0.05) is 13.8 Å². The molecule has 0 aliphatic rings. The zero-order valence-corrected chi connectivity index (χ0v) is 16.6. The van der Waals surface area contributed by atoms with Crippen molar-refractivity contribution < 1.29 is 14.3 Å². The SMILES string of the molecule is CCN(CC)CCOC(=O)c1ccc(NC(=O)CCn2ccc(=O)[nH]c2=O)cc1. The number of benzene rings is 1. The van der Waals surface area contributed by atoms with Crippen molar-refractivity contribution >= 4 is 17.6 Å². The summed E-state index contributed by atoms with van der Waals surface area (Å²) in [6, 6.07) is 7.62. The highest BCUT2D eigenvalue weighted by Gasteiger charge is 2.09. The van der Waals surface area contributed by atoms with E-state index >= 15 is 0 Å². The lowest BCUT2D eigenvalue weighted by Gasteiger charge is -2.17. The average Bonchev–Trinajstić information content (AvgIpc) is 2.71. The van der Waals surface area contributed by atoms with Gasteiger partial charge in [-0.25, -0.2) is 9.59 Å². The molecule has 2 rings (SSSR count). The molecule has 0 radical (unpaired) electrons. The number of anilines is 1. The van der Waals surface area contributed by atoms with E-state index in [1.807, 2.05) is 0 Å². The Kier molecular flexibility index (Phi) is 8.35. The first kappa shape index (κ1) is 22.1. The van der Waals surface area contributed by atoms with Crippen LogP contribution in [0.1, 0.15) is 30.6 Å². The molecule has 0 unspecified atom stereocenters. The molecule has 1 aromatic heterocycles. The van der Waals surface area contributed by atoms with Crippen molar-refractivity contribution in [1.29, 1.82) is 0 Å². The van der Waals surface area contributed by atoms with Crippen LogP contribution in [-0.2, 0) is 16.1 Å². The molecule has 9 nitrogen and oxygen atoms in total. The van der Waals surface area contributed by atoms with Crippen LogP contribution >= 0.6 is 0 Å². The minimum atomic E-state index is -0.561. The van der Waals surface area contributed by atoms with Crippen molar-refractivity contribution in [2.75, 3.05) is 31.6 Å². The van der Waals surface area contributed by atoms with Crippen LogP contribution in [0.4, 0.5) is 5.69 Å². The summed E-state index contributed by atoms with van der Waals surface area (Å²) in [6.45, 7) is 7.06. The number of amides is 1. The Morgan fingerprint density at radius 2 is 1.79 bits per heavy atom. The zero-order chi connectivity index (χ0) is 21.2. The number of esters is 1. The number of carbonyl (C=O) groups is 2. The predicted octanol–water partition coefficient (Wildman–Crippen LogP) is 1.06. The molecule has 156 valence electrons. The minimum absolute atomic E-state index is 0.0566. The first-order chi connectivity index (χ1) is 13.9. The second-order valence-corrected chi connectivity index (χ2v) is 6.34. The Bertz CT molecular complexity index is 929. The van der Waals surface area contributed by atoms with Crippen LogP contribution in [0.5, 0.6) is 0 Å². The number of aromatic amines is 1. The van der Waals surface area contributed by atoms with Crippen molar-refractivity contribution in [2.45, 2.75) is 26.8 Å². The minimum Gasteiger partial charge on any atom is -0.461 e. The van der Waals surface area contributed by atoms with E-state index in [0.717, 1.165) is 13.1 Å². The van der Waals surface area contributed by atoms with Crippen LogP contribution in [-0.4, -0.2) is 52.6 Å². The molecule has 29 heavy (non-hydrogen) atoms. The monoisotopic (exact) mass is 402 g/mol. The molecule has 0 saturated carbocycles. The summed E-state index contributed by atoms with van der Waals surface area (Å²) in [4.78, 5) is 51.0. The van der Waals surface area contributed by atoms with Crippen LogP contribution in [0, 0.1) is 0 Å². The van der Waals surface area contributed by atoms with Crippen molar-refractivity contribution in [3.8, 4) is 0 Å². The van der Waals surface area contributed by atoms with Gasteiger partial charge >= 0.3 is 11.7 Å². The Morgan fingerprint density at radius 1 is 1.10 bits per heavy atom. The fraction of sp³-hybridized carbons (Fsp3) is 0.400. The van der Waals surface area contributed by atoms with Crippen LogP contribution < -0.4 is 16.6 Å². The van der Waals surface area contributed by atoms with Crippen molar-refractivity contribution in [3.63, 3.8) is 0 Å². The maximum absolute atomic E-state index is 12.1. The molecular weight excluding hydrogens is 376 g/mol. The lowest BCUT2D eigenvalue weighted by molar-refractivity contribution is -0.116. The quantitative estimate of drug-likeness (QED) is 0.575. The highest BCUT2D eigenvalue weighted by molar-refractivity contribution is 5.93. The molecular formula is C20H26N4O5. The number of hydrogen-bond acceptors (Lipinski definition) is 6. The summed E-state index contributed by atoms with van der Waals surface area (Å²) in [5.74, 6) is -0.704. The molecule has 0 aliphatic heterocycles. The van der Waals surface area contributed by atoms with Gasteiger partial charge < -0.3 is 19.5 Å². The molecule has 2 aromatic rings. The largest absolute Gasteiger partial charge is 0.461 e. The third-order valence-corrected chi connectivity index (χ3v) is 4.42. The lowest BCUT2D eigenvalue weighted by atomic mass is 10.2. The van der Waals surface area contributed by atoms with Gasteiger partial charge in [-0.2, -0.15) is 0 Å². The number of nitrogens with zero attached hydrogens (tertiary/aromatic N) is 2. The van der Waals surface area contributed by atoms with Crippen LogP contribution in [0.25, 0.3) is 0 Å². The molecule has 0 spiro atoms. The number of H-pyrrole nitrogens is 1. The number of nitrogens with one attached hydrogen (secondary N) is 2. The number of hydrogen-bond donors (Lipinski definition) is 2. The number of ether oxygens (including phenoxy) is 1. The first-order valence-electron chi connectivity index (χ1n) is 9.52. The summed E-state index contributed by atoms with van der Waals surface area (Å²) < 4.78 is 6.51. The molecule has 0 fully saturated rings. The zero-order valence-electron chi connectivity index (χ0n) is 16.6. The van der Waals surface area contributed by atoms with Gasteiger partial charge in [-0.05, 0) is 37.4 Å². The number of carbonyl (C=O) groups excluding carboxylic acids is 2. The second kappa shape index (κ2) is 11.0. The molecule has 0 saturated heterocycles. The molecule has 1 aromatic carbocycles. The fourth-order valence-electron chi connectivity index (χ4n) is 2.65. The molecule has 9 heteroatoms. The van der Waals surface area contributed by atoms with E-state index in [2.05, 4.69) is 29.0 Å². The third-order valence-electron chi connectivity index (χ3n) is 4.42. The predicted molar refractivity (Wildman–Crippen MR) is 109 cm³/mol. The fourth-order valence-corrected chi connectivity index (χ4v) is 2.65. The van der Waals surface area contributed by atoms with Gasteiger partial charge in [0, 0.05) is 37.5 Å². The van der Waals surface area contributed by atoms with Crippen molar-refractivity contribution in [3.05, 3.63) is 62.9 Å².